The van der Waals surface area contributed by atoms with E-state index in [2.05, 4.69) is 27.1 Å². The second-order valence-corrected chi connectivity index (χ2v) is 6.80. The normalized spacial score (nSPS) is 17.0. The smallest absolute Gasteiger partial charge is 0.270 e. The van der Waals surface area contributed by atoms with Crippen LogP contribution in [0.4, 0.5) is 5.69 Å². The molecule has 8 nitrogen and oxygen atoms in total. The van der Waals surface area contributed by atoms with E-state index in [0.29, 0.717) is 24.1 Å². The zero-order chi connectivity index (χ0) is 19.5. The molecule has 1 fully saturated rings. The maximum absolute atomic E-state index is 11.0. The third-order valence-electron chi connectivity index (χ3n) is 5.04. The number of nitrogens with zero attached hydrogens (tertiary/aromatic N) is 5. The Bertz CT molecular complexity index is 970. The molecule has 0 N–H and O–H groups in total. The summed E-state index contributed by atoms with van der Waals surface area (Å²) in [6.07, 6.45) is 3.90. The van der Waals surface area contributed by atoms with Crippen LogP contribution < -0.4 is 4.74 Å². The van der Waals surface area contributed by atoms with Gasteiger partial charge in [0.05, 0.1) is 18.7 Å². The van der Waals surface area contributed by atoms with E-state index in [9.17, 15) is 10.1 Å². The SMILES string of the molecule is COc1ccc([C@@H]2CCCN2Cn2cnc(-c3cccc([N+](=O)[O-])c3)n2)cc1. The van der Waals surface area contributed by atoms with Crippen LogP contribution in [0.25, 0.3) is 11.4 Å². The fourth-order valence-electron chi connectivity index (χ4n) is 3.64. The van der Waals surface area contributed by atoms with Crippen LogP contribution in [0.2, 0.25) is 0 Å². The van der Waals surface area contributed by atoms with E-state index >= 15 is 0 Å². The van der Waals surface area contributed by atoms with Crippen LogP contribution in [0.15, 0.2) is 54.9 Å². The molecule has 3 aromatic rings. The Morgan fingerprint density at radius 3 is 2.82 bits per heavy atom. The number of non-ortho nitro benzene ring substituents is 1. The monoisotopic (exact) mass is 379 g/mol. The van der Waals surface area contributed by atoms with Crippen molar-refractivity contribution in [2.24, 2.45) is 0 Å². The van der Waals surface area contributed by atoms with E-state index in [4.69, 9.17) is 4.74 Å². The van der Waals surface area contributed by atoms with Crippen molar-refractivity contribution in [2.45, 2.75) is 25.6 Å². The highest BCUT2D eigenvalue weighted by Crippen LogP contribution is 2.33. The molecule has 0 aliphatic carbocycles. The number of nitro benzene ring substituents is 1. The van der Waals surface area contributed by atoms with Crippen molar-refractivity contribution in [3.8, 4) is 17.1 Å². The molecule has 1 aromatic heterocycles. The fourth-order valence-corrected chi connectivity index (χ4v) is 3.64. The molecular formula is C20H21N5O3. The molecular weight excluding hydrogens is 358 g/mol. The van der Waals surface area contributed by atoms with Gasteiger partial charge in [-0.15, -0.1) is 5.10 Å². The van der Waals surface area contributed by atoms with E-state index in [1.54, 1.807) is 30.3 Å². The third-order valence-corrected chi connectivity index (χ3v) is 5.04. The topological polar surface area (TPSA) is 86.3 Å². The molecule has 0 radical (unpaired) electrons. The zero-order valence-electron chi connectivity index (χ0n) is 15.6. The first-order valence-electron chi connectivity index (χ1n) is 9.16. The van der Waals surface area contributed by atoms with Gasteiger partial charge in [-0.3, -0.25) is 15.0 Å². The van der Waals surface area contributed by atoms with Crippen LogP contribution in [0.3, 0.4) is 0 Å². The van der Waals surface area contributed by atoms with Gasteiger partial charge in [0.25, 0.3) is 5.69 Å². The highest BCUT2D eigenvalue weighted by Gasteiger charge is 2.26. The highest BCUT2D eigenvalue weighted by molar-refractivity contribution is 5.58. The van der Waals surface area contributed by atoms with E-state index in [0.717, 1.165) is 25.1 Å². The molecule has 4 rings (SSSR count). The third kappa shape index (κ3) is 3.72. The van der Waals surface area contributed by atoms with Crippen molar-refractivity contribution in [1.82, 2.24) is 19.7 Å². The Morgan fingerprint density at radius 1 is 1.25 bits per heavy atom. The van der Waals surface area contributed by atoms with Crippen LogP contribution >= 0.6 is 0 Å². The Hall–Kier alpha value is -3.26. The molecule has 8 heteroatoms. The standard InChI is InChI=1S/C20H21N5O3/c1-28-18-9-7-15(8-10-18)19-6-3-11-23(19)14-24-13-21-20(22-24)16-4-2-5-17(12-16)25(26)27/h2,4-5,7-10,12-13,19H,3,6,11,14H2,1H3/t19-/m0/s1. The first kappa shape index (κ1) is 18.1. The number of nitro groups is 1. The van der Waals surface area contributed by atoms with Crippen molar-refractivity contribution in [3.63, 3.8) is 0 Å². The lowest BCUT2D eigenvalue weighted by Crippen LogP contribution is -2.26. The summed E-state index contributed by atoms with van der Waals surface area (Å²) in [4.78, 5) is 17.3. The first-order valence-corrected chi connectivity index (χ1v) is 9.16. The van der Waals surface area contributed by atoms with Crippen LogP contribution in [0, 0.1) is 10.1 Å². The summed E-state index contributed by atoms with van der Waals surface area (Å²) in [6.45, 7) is 1.61. The van der Waals surface area contributed by atoms with Crippen molar-refractivity contribution in [2.75, 3.05) is 13.7 Å². The minimum absolute atomic E-state index is 0.0352. The molecule has 28 heavy (non-hydrogen) atoms. The molecule has 1 aliphatic heterocycles. The molecule has 0 amide bonds. The van der Waals surface area contributed by atoms with Crippen molar-refractivity contribution in [3.05, 3.63) is 70.5 Å². The van der Waals surface area contributed by atoms with Gasteiger partial charge in [0.15, 0.2) is 5.82 Å². The highest BCUT2D eigenvalue weighted by atomic mass is 16.6. The molecule has 1 atom stereocenters. The maximum Gasteiger partial charge on any atom is 0.270 e. The Kier molecular flexibility index (Phi) is 5.03. The van der Waals surface area contributed by atoms with Gasteiger partial charge >= 0.3 is 0 Å². The maximum atomic E-state index is 11.0. The van der Waals surface area contributed by atoms with Gasteiger partial charge in [-0.2, -0.15) is 0 Å². The van der Waals surface area contributed by atoms with Gasteiger partial charge in [-0.1, -0.05) is 24.3 Å². The second-order valence-electron chi connectivity index (χ2n) is 6.80. The van der Waals surface area contributed by atoms with Crippen LogP contribution in [-0.2, 0) is 6.67 Å². The van der Waals surface area contributed by atoms with Gasteiger partial charge in [-0.25, -0.2) is 9.67 Å². The molecule has 0 saturated carbocycles. The summed E-state index contributed by atoms with van der Waals surface area (Å²) in [5.74, 6) is 1.34. The lowest BCUT2D eigenvalue weighted by molar-refractivity contribution is -0.384. The first-order chi connectivity index (χ1) is 13.6. The molecule has 2 aromatic carbocycles. The molecule has 1 aliphatic rings. The molecule has 2 heterocycles. The van der Waals surface area contributed by atoms with E-state index in [1.165, 1.54) is 17.7 Å². The lowest BCUT2D eigenvalue weighted by atomic mass is 10.0. The van der Waals surface area contributed by atoms with Crippen LogP contribution in [-0.4, -0.2) is 38.2 Å². The number of benzene rings is 2. The number of ether oxygens (including phenoxy) is 1. The average Bonchev–Trinajstić information content (AvgIpc) is 3.38. The molecule has 0 unspecified atom stereocenters. The summed E-state index contributed by atoms with van der Waals surface area (Å²) in [7, 11) is 1.67. The number of methoxy groups -OCH3 is 1. The van der Waals surface area contributed by atoms with Crippen molar-refractivity contribution >= 4 is 5.69 Å². The Balaban J connectivity index is 1.50. The van der Waals surface area contributed by atoms with E-state index in [1.807, 2.05) is 12.1 Å². The second kappa shape index (κ2) is 7.77. The van der Waals surface area contributed by atoms with E-state index in [-0.39, 0.29) is 5.69 Å². The Morgan fingerprint density at radius 2 is 2.07 bits per heavy atom. The summed E-state index contributed by atoms with van der Waals surface area (Å²) in [5.41, 5.74) is 1.94. The van der Waals surface area contributed by atoms with Gasteiger partial charge < -0.3 is 4.74 Å². The van der Waals surface area contributed by atoms with Crippen LogP contribution in [0.5, 0.6) is 5.75 Å². The molecule has 0 bridgehead atoms. The summed E-state index contributed by atoms with van der Waals surface area (Å²) in [5, 5.41) is 15.5. The largest absolute Gasteiger partial charge is 0.497 e. The number of rotatable bonds is 6. The molecule has 144 valence electrons. The van der Waals surface area contributed by atoms with Gasteiger partial charge in [-0.05, 0) is 30.5 Å². The average molecular weight is 379 g/mol. The lowest BCUT2D eigenvalue weighted by Gasteiger charge is -2.24. The van der Waals surface area contributed by atoms with Gasteiger partial charge in [0.2, 0.25) is 0 Å². The zero-order valence-corrected chi connectivity index (χ0v) is 15.6. The molecule has 1 saturated heterocycles. The number of aromatic nitrogens is 3. The quantitative estimate of drug-likeness (QED) is 0.480. The Labute approximate surface area is 162 Å². The number of likely N-dealkylation sites (tertiary alicyclic amines) is 1. The van der Waals surface area contributed by atoms with Gasteiger partial charge in [0, 0.05) is 30.3 Å². The van der Waals surface area contributed by atoms with Crippen molar-refractivity contribution in [1.29, 1.82) is 0 Å². The minimum Gasteiger partial charge on any atom is -0.497 e. The number of hydrogen-bond acceptors (Lipinski definition) is 6. The van der Waals surface area contributed by atoms with E-state index < -0.39 is 4.92 Å². The fraction of sp³-hybridized carbons (Fsp3) is 0.300. The minimum atomic E-state index is -0.413. The predicted octanol–water partition coefficient (Wildman–Crippen LogP) is 3.66. The summed E-state index contributed by atoms with van der Waals surface area (Å²) >= 11 is 0. The van der Waals surface area contributed by atoms with Gasteiger partial charge in [0.1, 0.15) is 12.1 Å². The molecule has 0 spiro atoms. The number of hydrogen-bond donors (Lipinski definition) is 0. The van der Waals surface area contributed by atoms with Crippen molar-refractivity contribution < 1.29 is 9.66 Å². The summed E-state index contributed by atoms with van der Waals surface area (Å²) < 4.78 is 7.03. The predicted molar refractivity (Wildman–Crippen MR) is 104 cm³/mol. The summed E-state index contributed by atoms with van der Waals surface area (Å²) in [6, 6.07) is 14.9. The van der Waals surface area contributed by atoms with Crippen LogP contribution in [0.1, 0.15) is 24.4 Å².